The molecular formula is C10H21NS. The largest absolute Gasteiger partial charge is 0.301 e. The molecule has 1 heterocycles. The van der Waals surface area contributed by atoms with Crippen LogP contribution in [0.2, 0.25) is 0 Å². The highest BCUT2D eigenvalue weighted by Crippen LogP contribution is 2.16. The SMILES string of the molecule is CC1CCCN1CCCCCS. The van der Waals surface area contributed by atoms with Crippen LogP contribution in [0.5, 0.6) is 0 Å². The maximum Gasteiger partial charge on any atom is 0.00674 e. The summed E-state index contributed by atoms with van der Waals surface area (Å²) in [7, 11) is 0. The van der Waals surface area contributed by atoms with Crippen molar-refractivity contribution in [3.05, 3.63) is 0 Å². The third kappa shape index (κ3) is 3.36. The van der Waals surface area contributed by atoms with E-state index in [-0.39, 0.29) is 0 Å². The number of unbranched alkanes of at least 4 members (excludes halogenated alkanes) is 2. The fourth-order valence-corrected chi connectivity index (χ4v) is 2.15. The van der Waals surface area contributed by atoms with E-state index >= 15 is 0 Å². The smallest absolute Gasteiger partial charge is 0.00674 e. The van der Waals surface area contributed by atoms with Crippen LogP contribution in [0.4, 0.5) is 0 Å². The number of nitrogens with zero attached hydrogens (tertiary/aromatic N) is 1. The van der Waals surface area contributed by atoms with E-state index < -0.39 is 0 Å². The first-order valence-corrected chi connectivity index (χ1v) is 5.82. The second-order valence-electron chi connectivity index (χ2n) is 3.81. The lowest BCUT2D eigenvalue weighted by atomic mass is 10.2. The van der Waals surface area contributed by atoms with E-state index in [9.17, 15) is 0 Å². The third-order valence-electron chi connectivity index (χ3n) is 2.79. The van der Waals surface area contributed by atoms with Gasteiger partial charge in [0.15, 0.2) is 0 Å². The highest BCUT2D eigenvalue weighted by molar-refractivity contribution is 7.80. The second-order valence-corrected chi connectivity index (χ2v) is 4.26. The van der Waals surface area contributed by atoms with Crippen LogP contribution in [-0.2, 0) is 0 Å². The standard InChI is InChI=1S/C10H21NS/c1-10-6-5-8-11(10)7-3-2-4-9-12/h10,12H,2-9H2,1H3. The van der Waals surface area contributed by atoms with Gasteiger partial charge in [0.2, 0.25) is 0 Å². The summed E-state index contributed by atoms with van der Waals surface area (Å²) in [4.78, 5) is 2.62. The average Bonchev–Trinajstić information content (AvgIpc) is 2.46. The summed E-state index contributed by atoms with van der Waals surface area (Å²) < 4.78 is 0. The van der Waals surface area contributed by atoms with Gasteiger partial charge in [-0.15, -0.1) is 0 Å². The Kier molecular flexibility index (Phi) is 5.08. The molecule has 1 aliphatic heterocycles. The topological polar surface area (TPSA) is 3.24 Å². The third-order valence-corrected chi connectivity index (χ3v) is 3.11. The Morgan fingerprint density at radius 1 is 1.33 bits per heavy atom. The minimum atomic E-state index is 0.848. The molecule has 0 bridgehead atoms. The molecule has 0 spiro atoms. The zero-order valence-corrected chi connectivity index (χ0v) is 9.02. The van der Waals surface area contributed by atoms with Gasteiger partial charge in [-0.1, -0.05) is 6.42 Å². The van der Waals surface area contributed by atoms with Gasteiger partial charge < -0.3 is 4.90 Å². The summed E-state index contributed by atoms with van der Waals surface area (Å²) >= 11 is 4.21. The van der Waals surface area contributed by atoms with E-state index in [4.69, 9.17) is 0 Å². The minimum absolute atomic E-state index is 0.848. The molecule has 0 aromatic rings. The van der Waals surface area contributed by atoms with Gasteiger partial charge in [-0.05, 0) is 51.4 Å². The maximum atomic E-state index is 4.21. The zero-order valence-electron chi connectivity index (χ0n) is 8.13. The van der Waals surface area contributed by atoms with Crippen molar-refractivity contribution >= 4 is 12.6 Å². The number of rotatable bonds is 5. The molecule has 0 aromatic carbocycles. The molecule has 0 amide bonds. The van der Waals surface area contributed by atoms with Crippen LogP contribution >= 0.6 is 12.6 Å². The lowest BCUT2D eigenvalue weighted by molar-refractivity contribution is 0.263. The quantitative estimate of drug-likeness (QED) is 0.511. The molecule has 72 valence electrons. The van der Waals surface area contributed by atoms with Gasteiger partial charge >= 0.3 is 0 Å². The van der Waals surface area contributed by atoms with Crippen LogP contribution in [0.3, 0.4) is 0 Å². The van der Waals surface area contributed by atoms with E-state index in [0.29, 0.717) is 0 Å². The van der Waals surface area contributed by atoms with Crippen molar-refractivity contribution in [1.29, 1.82) is 0 Å². The number of thiol groups is 1. The summed E-state index contributed by atoms with van der Waals surface area (Å²) in [5.74, 6) is 1.05. The van der Waals surface area contributed by atoms with Crippen molar-refractivity contribution < 1.29 is 0 Å². The van der Waals surface area contributed by atoms with Gasteiger partial charge in [0.1, 0.15) is 0 Å². The zero-order chi connectivity index (χ0) is 8.81. The molecule has 0 radical (unpaired) electrons. The average molecular weight is 187 g/mol. The first-order valence-electron chi connectivity index (χ1n) is 5.19. The Morgan fingerprint density at radius 3 is 2.75 bits per heavy atom. The Labute approximate surface area is 81.9 Å². The van der Waals surface area contributed by atoms with Gasteiger partial charge in [0.05, 0.1) is 0 Å². The Bertz CT molecular complexity index is 116. The molecule has 1 aliphatic rings. The van der Waals surface area contributed by atoms with Gasteiger partial charge in [0, 0.05) is 6.04 Å². The fraction of sp³-hybridized carbons (Fsp3) is 1.00. The molecule has 0 aliphatic carbocycles. The van der Waals surface area contributed by atoms with Crippen LogP contribution in [0, 0.1) is 0 Å². The van der Waals surface area contributed by atoms with Crippen molar-refractivity contribution in [2.45, 2.75) is 45.1 Å². The first kappa shape index (κ1) is 10.4. The van der Waals surface area contributed by atoms with Crippen LogP contribution in [0.25, 0.3) is 0 Å². The summed E-state index contributed by atoms with van der Waals surface area (Å²) in [5.41, 5.74) is 0. The maximum absolute atomic E-state index is 4.21. The van der Waals surface area contributed by atoms with Gasteiger partial charge in [-0.3, -0.25) is 0 Å². The second kappa shape index (κ2) is 5.87. The molecule has 12 heavy (non-hydrogen) atoms. The van der Waals surface area contributed by atoms with Crippen molar-refractivity contribution in [1.82, 2.24) is 4.90 Å². The molecule has 1 nitrogen and oxygen atoms in total. The molecule has 1 atom stereocenters. The van der Waals surface area contributed by atoms with E-state index in [2.05, 4.69) is 24.5 Å². The Balaban J connectivity index is 1.98. The summed E-state index contributed by atoms with van der Waals surface area (Å²) in [5, 5.41) is 0. The molecule has 0 saturated carbocycles. The van der Waals surface area contributed by atoms with Gasteiger partial charge in [-0.2, -0.15) is 12.6 Å². The van der Waals surface area contributed by atoms with E-state index in [0.717, 1.165) is 11.8 Å². The van der Waals surface area contributed by atoms with Crippen molar-refractivity contribution in [3.63, 3.8) is 0 Å². The summed E-state index contributed by atoms with van der Waals surface area (Å²) in [6, 6.07) is 0.848. The lowest BCUT2D eigenvalue weighted by Crippen LogP contribution is -2.27. The highest BCUT2D eigenvalue weighted by atomic mass is 32.1. The Morgan fingerprint density at radius 2 is 2.17 bits per heavy atom. The minimum Gasteiger partial charge on any atom is -0.301 e. The van der Waals surface area contributed by atoms with Crippen LogP contribution in [0.15, 0.2) is 0 Å². The van der Waals surface area contributed by atoms with Crippen LogP contribution in [-0.4, -0.2) is 29.8 Å². The van der Waals surface area contributed by atoms with Gasteiger partial charge in [0.25, 0.3) is 0 Å². The fourth-order valence-electron chi connectivity index (χ4n) is 1.93. The molecular weight excluding hydrogens is 166 g/mol. The number of hydrogen-bond donors (Lipinski definition) is 1. The molecule has 2 heteroatoms. The lowest BCUT2D eigenvalue weighted by Gasteiger charge is -2.20. The molecule has 1 rings (SSSR count). The number of likely N-dealkylation sites (tertiary alicyclic amines) is 1. The highest BCUT2D eigenvalue weighted by Gasteiger charge is 2.18. The van der Waals surface area contributed by atoms with Crippen LogP contribution < -0.4 is 0 Å². The van der Waals surface area contributed by atoms with E-state index in [1.807, 2.05) is 0 Å². The molecule has 1 saturated heterocycles. The van der Waals surface area contributed by atoms with E-state index in [1.54, 1.807) is 0 Å². The summed E-state index contributed by atoms with van der Waals surface area (Å²) in [6.07, 6.45) is 6.82. The normalized spacial score (nSPS) is 25.0. The monoisotopic (exact) mass is 187 g/mol. The Hall–Kier alpha value is 0.310. The first-order chi connectivity index (χ1) is 5.84. The van der Waals surface area contributed by atoms with Crippen LogP contribution in [0.1, 0.15) is 39.0 Å². The van der Waals surface area contributed by atoms with E-state index in [1.165, 1.54) is 45.2 Å². The van der Waals surface area contributed by atoms with Gasteiger partial charge in [-0.25, -0.2) is 0 Å². The molecule has 1 unspecified atom stereocenters. The summed E-state index contributed by atoms with van der Waals surface area (Å²) in [6.45, 7) is 5.00. The predicted molar refractivity (Wildman–Crippen MR) is 58.0 cm³/mol. The van der Waals surface area contributed by atoms with Crippen molar-refractivity contribution in [2.24, 2.45) is 0 Å². The van der Waals surface area contributed by atoms with Crippen molar-refractivity contribution in [2.75, 3.05) is 18.8 Å². The molecule has 1 fully saturated rings. The molecule has 0 aromatic heterocycles. The number of hydrogen-bond acceptors (Lipinski definition) is 2. The molecule has 0 N–H and O–H groups in total. The predicted octanol–water partition coefficient (Wildman–Crippen LogP) is 2.57. The van der Waals surface area contributed by atoms with Crippen molar-refractivity contribution in [3.8, 4) is 0 Å².